The van der Waals surface area contributed by atoms with Gasteiger partial charge in [-0.1, -0.05) is 42.5 Å². The minimum absolute atomic E-state index is 0.115. The number of rotatable bonds is 9. The highest BCUT2D eigenvalue weighted by molar-refractivity contribution is 5.90. The number of H-pyrrole nitrogens is 1. The van der Waals surface area contributed by atoms with Crippen LogP contribution in [0.25, 0.3) is 17.0 Å². The van der Waals surface area contributed by atoms with E-state index in [4.69, 9.17) is 5.21 Å². The second-order valence-corrected chi connectivity index (χ2v) is 6.66. The van der Waals surface area contributed by atoms with Gasteiger partial charge in [0.25, 0.3) is 5.91 Å². The standard InChI is InChI=1S/C22H25N3O3/c26-15-14-25(13-11-20-3-1-2-19-10-12-23-22(19)20)16-18-6-4-17(5-7-18)8-9-21(27)24-28/h1-10,12,23,26,28H,11,13-16H2,(H,24,27)/b9-8+. The summed E-state index contributed by atoms with van der Waals surface area (Å²) in [6.45, 7) is 2.31. The summed E-state index contributed by atoms with van der Waals surface area (Å²) in [6.07, 6.45) is 5.76. The van der Waals surface area contributed by atoms with Gasteiger partial charge in [-0.25, -0.2) is 5.48 Å². The molecule has 3 rings (SSSR count). The van der Waals surface area contributed by atoms with Crippen molar-refractivity contribution in [3.05, 3.63) is 77.5 Å². The Bertz CT molecular complexity index is 932. The van der Waals surface area contributed by atoms with Crippen molar-refractivity contribution in [3.63, 3.8) is 0 Å². The van der Waals surface area contributed by atoms with Crippen molar-refractivity contribution in [2.45, 2.75) is 13.0 Å². The van der Waals surface area contributed by atoms with Crippen molar-refractivity contribution in [1.82, 2.24) is 15.4 Å². The average molecular weight is 379 g/mol. The van der Waals surface area contributed by atoms with Gasteiger partial charge in [-0.2, -0.15) is 0 Å². The van der Waals surface area contributed by atoms with Crippen molar-refractivity contribution >= 4 is 22.9 Å². The lowest BCUT2D eigenvalue weighted by molar-refractivity contribution is -0.124. The van der Waals surface area contributed by atoms with E-state index in [0.717, 1.165) is 30.6 Å². The summed E-state index contributed by atoms with van der Waals surface area (Å²) >= 11 is 0. The van der Waals surface area contributed by atoms with Gasteiger partial charge in [-0.05, 0) is 40.6 Å². The van der Waals surface area contributed by atoms with E-state index in [-0.39, 0.29) is 6.61 Å². The number of amides is 1. The molecule has 6 nitrogen and oxygen atoms in total. The number of hydrogen-bond donors (Lipinski definition) is 4. The second-order valence-electron chi connectivity index (χ2n) is 6.66. The molecule has 0 unspecified atom stereocenters. The van der Waals surface area contributed by atoms with Gasteiger partial charge >= 0.3 is 0 Å². The third-order valence-electron chi connectivity index (χ3n) is 4.71. The maximum atomic E-state index is 11.0. The van der Waals surface area contributed by atoms with Gasteiger partial charge in [0.2, 0.25) is 0 Å². The predicted octanol–water partition coefficient (Wildman–Crippen LogP) is 2.72. The Hall–Kier alpha value is -2.93. The molecule has 0 fully saturated rings. The molecular formula is C22H25N3O3. The van der Waals surface area contributed by atoms with Gasteiger partial charge in [-0.15, -0.1) is 0 Å². The number of para-hydroxylation sites is 1. The zero-order chi connectivity index (χ0) is 19.8. The Morgan fingerprint density at radius 1 is 1.11 bits per heavy atom. The van der Waals surface area contributed by atoms with Gasteiger partial charge in [0.15, 0.2) is 0 Å². The Morgan fingerprint density at radius 3 is 2.68 bits per heavy atom. The zero-order valence-electron chi connectivity index (χ0n) is 15.6. The first-order chi connectivity index (χ1) is 13.7. The van der Waals surface area contributed by atoms with Gasteiger partial charge in [0.1, 0.15) is 0 Å². The number of carbonyl (C=O) groups excluding carboxylic acids is 1. The highest BCUT2D eigenvalue weighted by Crippen LogP contribution is 2.18. The van der Waals surface area contributed by atoms with Crippen molar-refractivity contribution in [1.29, 1.82) is 0 Å². The topological polar surface area (TPSA) is 88.6 Å². The van der Waals surface area contributed by atoms with Crippen molar-refractivity contribution in [3.8, 4) is 0 Å². The smallest absolute Gasteiger partial charge is 0.267 e. The van der Waals surface area contributed by atoms with Crippen LogP contribution in [-0.4, -0.2) is 45.8 Å². The predicted molar refractivity (Wildman–Crippen MR) is 110 cm³/mol. The van der Waals surface area contributed by atoms with Crippen LogP contribution < -0.4 is 5.48 Å². The van der Waals surface area contributed by atoms with E-state index in [2.05, 4.69) is 34.1 Å². The third kappa shape index (κ3) is 5.29. The van der Waals surface area contributed by atoms with Gasteiger partial charge in [0, 0.05) is 37.4 Å². The molecule has 0 aliphatic carbocycles. The lowest BCUT2D eigenvalue weighted by Crippen LogP contribution is -2.28. The molecule has 1 amide bonds. The quantitative estimate of drug-likeness (QED) is 0.261. The maximum Gasteiger partial charge on any atom is 0.267 e. The summed E-state index contributed by atoms with van der Waals surface area (Å²) in [5.74, 6) is -0.560. The van der Waals surface area contributed by atoms with Crippen LogP contribution in [0.5, 0.6) is 0 Å². The van der Waals surface area contributed by atoms with Gasteiger partial charge in [0.05, 0.1) is 6.61 Å². The highest BCUT2D eigenvalue weighted by Gasteiger charge is 2.08. The number of aliphatic hydroxyl groups excluding tert-OH is 1. The Morgan fingerprint density at radius 2 is 1.93 bits per heavy atom. The lowest BCUT2D eigenvalue weighted by atomic mass is 10.1. The maximum absolute atomic E-state index is 11.0. The number of aromatic nitrogens is 1. The van der Waals surface area contributed by atoms with E-state index in [0.29, 0.717) is 6.54 Å². The molecule has 0 aliphatic heterocycles. The summed E-state index contributed by atoms with van der Waals surface area (Å²) in [4.78, 5) is 16.6. The van der Waals surface area contributed by atoms with Crippen molar-refractivity contribution in [2.75, 3.05) is 19.7 Å². The van der Waals surface area contributed by atoms with E-state index >= 15 is 0 Å². The van der Waals surface area contributed by atoms with Crippen LogP contribution in [0.2, 0.25) is 0 Å². The summed E-state index contributed by atoms with van der Waals surface area (Å²) in [7, 11) is 0. The fourth-order valence-corrected chi connectivity index (χ4v) is 3.25. The minimum Gasteiger partial charge on any atom is -0.395 e. The summed E-state index contributed by atoms with van der Waals surface area (Å²) in [6, 6.07) is 16.2. The largest absolute Gasteiger partial charge is 0.395 e. The molecule has 6 heteroatoms. The van der Waals surface area contributed by atoms with Crippen LogP contribution in [-0.2, 0) is 17.8 Å². The first-order valence-corrected chi connectivity index (χ1v) is 9.29. The molecule has 0 atom stereocenters. The molecule has 28 heavy (non-hydrogen) atoms. The van der Waals surface area contributed by atoms with E-state index < -0.39 is 5.91 Å². The molecule has 0 spiro atoms. The van der Waals surface area contributed by atoms with Gasteiger partial charge in [-0.3, -0.25) is 14.9 Å². The third-order valence-corrected chi connectivity index (χ3v) is 4.71. The fraction of sp³-hybridized carbons (Fsp3) is 0.227. The van der Waals surface area contributed by atoms with Crippen LogP contribution in [0.3, 0.4) is 0 Å². The summed E-state index contributed by atoms with van der Waals surface area (Å²) in [5, 5.41) is 19.1. The lowest BCUT2D eigenvalue weighted by Gasteiger charge is -2.21. The molecule has 0 saturated heterocycles. The normalized spacial score (nSPS) is 11.5. The number of nitrogens with zero attached hydrogens (tertiary/aromatic N) is 1. The van der Waals surface area contributed by atoms with E-state index in [1.165, 1.54) is 22.5 Å². The van der Waals surface area contributed by atoms with E-state index in [1.807, 2.05) is 30.5 Å². The molecule has 2 aromatic carbocycles. The van der Waals surface area contributed by atoms with Crippen molar-refractivity contribution < 1.29 is 15.1 Å². The van der Waals surface area contributed by atoms with Crippen LogP contribution in [0.4, 0.5) is 0 Å². The molecule has 3 aromatic rings. The van der Waals surface area contributed by atoms with E-state index in [1.54, 1.807) is 11.6 Å². The first kappa shape index (κ1) is 19.8. The molecule has 0 saturated carbocycles. The van der Waals surface area contributed by atoms with E-state index in [9.17, 15) is 9.90 Å². The molecule has 1 heterocycles. The molecule has 4 N–H and O–H groups in total. The number of nitrogens with one attached hydrogen (secondary N) is 2. The molecule has 0 aliphatic rings. The molecular weight excluding hydrogens is 354 g/mol. The van der Waals surface area contributed by atoms with Crippen LogP contribution in [0.15, 0.2) is 60.8 Å². The number of carbonyl (C=O) groups is 1. The SMILES string of the molecule is O=C(/C=C/c1ccc(CN(CCO)CCc2cccc3cc[nH]c23)cc1)NO. The number of aliphatic hydroxyl groups is 1. The Labute approximate surface area is 164 Å². The summed E-state index contributed by atoms with van der Waals surface area (Å²) in [5.41, 5.74) is 6.02. The molecule has 146 valence electrons. The van der Waals surface area contributed by atoms with Crippen molar-refractivity contribution in [2.24, 2.45) is 0 Å². The average Bonchev–Trinajstić information content (AvgIpc) is 3.21. The second kappa shape index (κ2) is 9.85. The minimum atomic E-state index is -0.560. The van der Waals surface area contributed by atoms with Crippen LogP contribution in [0, 0.1) is 0 Å². The number of fused-ring (bicyclic) bond motifs is 1. The number of hydroxylamine groups is 1. The summed E-state index contributed by atoms with van der Waals surface area (Å²) < 4.78 is 0. The Kier molecular flexibility index (Phi) is 6.97. The van der Waals surface area contributed by atoms with Crippen LogP contribution in [0.1, 0.15) is 16.7 Å². The molecule has 1 aromatic heterocycles. The molecule has 0 bridgehead atoms. The fourth-order valence-electron chi connectivity index (χ4n) is 3.25. The van der Waals surface area contributed by atoms with Crippen LogP contribution >= 0.6 is 0 Å². The monoisotopic (exact) mass is 379 g/mol. The number of aromatic amines is 1. The van der Waals surface area contributed by atoms with Gasteiger partial charge < -0.3 is 10.1 Å². The highest BCUT2D eigenvalue weighted by atomic mass is 16.5. The number of benzene rings is 2. The zero-order valence-corrected chi connectivity index (χ0v) is 15.6. The first-order valence-electron chi connectivity index (χ1n) is 9.29. The Balaban J connectivity index is 1.62. The number of hydrogen-bond acceptors (Lipinski definition) is 4. The molecule has 0 radical (unpaired) electrons.